The highest BCUT2D eigenvalue weighted by molar-refractivity contribution is 7.20. The van der Waals surface area contributed by atoms with Crippen LogP contribution in [0.15, 0.2) is 36.7 Å². The number of hydrogen-bond acceptors (Lipinski definition) is 3. The summed E-state index contributed by atoms with van der Waals surface area (Å²) in [6, 6.07) is 8.64. The van der Waals surface area contributed by atoms with Gasteiger partial charge in [-0.2, -0.15) is 0 Å². The van der Waals surface area contributed by atoms with Crippen LogP contribution in [0.5, 0.6) is 0 Å². The van der Waals surface area contributed by atoms with E-state index in [0.29, 0.717) is 4.88 Å². The van der Waals surface area contributed by atoms with Gasteiger partial charge in [-0.15, -0.1) is 11.3 Å². The van der Waals surface area contributed by atoms with E-state index in [0.717, 1.165) is 22.1 Å². The van der Waals surface area contributed by atoms with Gasteiger partial charge in [-0.3, -0.25) is 9.78 Å². The Balaban J connectivity index is 1.85. The molecule has 2 heterocycles. The summed E-state index contributed by atoms with van der Waals surface area (Å²) in [5, 5.41) is 1.06. The summed E-state index contributed by atoms with van der Waals surface area (Å²) in [5.74, 6) is -0.376. The van der Waals surface area contributed by atoms with Crippen LogP contribution in [0.25, 0.3) is 21.2 Å². The number of primary amides is 1. The third-order valence-electron chi connectivity index (χ3n) is 4.60. The molecule has 0 saturated heterocycles. The average molecular weight is 322 g/mol. The summed E-state index contributed by atoms with van der Waals surface area (Å²) in [4.78, 5) is 16.4. The molecule has 0 fully saturated rings. The molecule has 2 aromatic heterocycles. The number of nitrogens with two attached hydrogens (primary N) is 1. The van der Waals surface area contributed by atoms with E-state index < -0.39 is 0 Å². The van der Waals surface area contributed by atoms with Crippen LogP contribution in [-0.2, 0) is 12.8 Å². The summed E-state index contributed by atoms with van der Waals surface area (Å²) < 4.78 is 1.01. The zero-order chi connectivity index (χ0) is 15.8. The van der Waals surface area contributed by atoms with E-state index in [9.17, 15) is 4.79 Å². The molecule has 3 nitrogen and oxygen atoms in total. The Morgan fingerprint density at radius 3 is 2.70 bits per heavy atom. The van der Waals surface area contributed by atoms with Crippen molar-refractivity contribution in [3.63, 3.8) is 0 Å². The van der Waals surface area contributed by atoms with E-state index in [1.54, 1.807) is 6.20 Å². The number of benzene rings is 1. The number of rotatable bonds is 2. The first-order valence-corrected chi connectivity index (χ1v) is 8.83. The SMILES string of the molecule is NC(=O)c1cc2c(-c3ccc4c(c3)CCCCC4)cncc2s1. The second kappa shape index (κ2) is 5.78. The van der Waals surface area contributed by atoms with E-state index in [4.69, 9.17) is 5.73 Å². The van der Waals surface area contributed by atoms with Crippen LogP contribution in [0.3, 0.4) is 0 Å². The Kier molecular flexibility index (Phi) is 3.62. The monoisotopic (exact) mass is 322 g/mol. The van der Waals surface area contributed by atoms with Crippen LogP contribution in [0.2, 0.25) is 0 Å². The summed E-state index contributed by atoms with van der Waals surface area (Å²) in [5.41, 5.74) is 10.6. The van der Waals surface area contributed by atoms with Crippen molar-refractivity contribution >= 4 is 27.3 Å². The molecule has 23 heavy (non-hydrogen) atoms. The van der Waals surface area contributed by atoms with E-state index >= 15 is 0 Å². The molecule has 1 amide bonds. The van der Waals surface area contributed by atoms with Crippen molar-refractivity contribution in [2.45, 2.75) is 32.1 Å². The standard InChI is InChI=1S/C19H18N2OS/c20-19(22)17-9-15-16(10-21-11-18(15)23-17)14-7-6-12-4-2-1-3-5-13(12)8-14/h6-11H,1-5H2,(H2,20,22). The zero-order valence-corrected chi connectivity index (χ0v) is 13.7. The second-order valence-electron chi connectivity index (χ2n) is 6.12. The van der Waals surface area contributed by atoms with Crippen LogP contribution >= 0.6 is 11.3 Å². The van der Waals surface area contributed by atoms with Crippen LogP contribution in [0.1, 0.15) is 40.1 Å². The molecule has 1 aliphatic rings. The lowest BCUT2D eigenvalue weighted by Crippen LogP contribution is -2.08. The molecule has 116 valence electrons. The normalized spacial score (nSPS) is 14.4. The molecule has 4 rings (SSSR count). The minimum Gasteiger partial charge on any atom is -0.365 e. The number of hydrogen-bond donors (Lipinski definition) is 1. The lowest BCUT2D eigenvalue weighted by Gasteiger charge is -2.09. The first-order chi connectivity index (χ1) is 11.2. The van der Waals surface area contributed by atoms with Crippen molar-refractivity contribution in [1.82, 2.24) is 4.98 Å². The van der Waals surface area contributed by atoms with Gasteiger partial charge in [-0.05, 0) is 48.4 Å². The first kappa shape index (κ1) is 14.4. The quantitative estimate of drug-likeness (QED) is 0.714. The Morgan fingerprint density at radius 1 is 1.04 bits per heavy atom. The molecule has 2 N–H and O–H groups in total. The fraction of sp³-hybridized carbons (Fsp3) is 0.263. The van der Waals surface area contributed by atoms with E-state index in [-0.39, 0.29) is 5.91 Å². The summed E-state index contributed by atoms with van der Waals surface area (Å²) in [6.45, 7) is 0. The van der Waals surface area contributed by atoms with Crippen LogP contribution in [-0.4, -0.2) is 10.9 Å². The topological polar surface area (TPSA) is 56.0 Å². The van der Waals surface area contributed by atoms with Gasteiger partial charge in [0.2, 0.25) is 0 Å². The van der Waals surface area contributed by atoms with Gasteiger partial charge in [0.15, 0.2) is 0 Å². The predicted molar refractivity (Wildman–Crippen MR) is 94.8 cm³/mol. The second-order valence-corrected chi connectivity index (χ2v) is 7.20. The lowest BCUT2D eigenvalue weighted by molar-refractivity contribution is 0.100. The number of amides is 1. The Labute approximate surface area is 139 Å². The van der Waals surface area contributed by atoms with Gasteiger partial charge in [0.25, 0.3) is 5.91 Å². The van der Waals surface area contributed by atoms with Gasteiger partial charge >= 0.3 is 0 Å². The fourth-order valence-electron chi connectivity index (χ4n) is 3.39. The highest BCUT2D eigenvalue weighted by atomic mass is 32.1. The van der Waals surface area contributed by atoms with Crippen LogP contribution < -0.4 is 5.73 Å². The number of carbonyl (C=O) groups is 1. The zero-order valence-electron chi connectivity index (χ0n) is 12.8. The molecule has 0 aliphatic heterocycles. The Hall–Kier alpha value is -2.20. The molecule has 3 aromatic rings. The number of thiophene rings is 1. The first-order valence-electron chi connectivity index (χ1n) is 8.02. The number of nitrogens with zero attached hydrogens (tertiary/aromatic N) is 1. The third kappa shape index (κ3) is 2.63. The highest BCUT2D eigenvalue weighted by Gasteiger charge is 2.14. The molecule has 0 saturated carbocycles. The van der Waals surface area contributed by atoms with Crippen LogP contribution in [0.4, 0.5) is 0 Å². The third-order valence-corrected chi connectivity index (χ3v) is 5.68. The van der Waals surface area contributed by atoms with Gasteiger partial charge in [0.1, 0.15) is 0 Å². The van der Waals surface area contributed by atoms with Crippen molar-refractivity contribution in [1.29, 1.82) is 0 Å². The van der Waals surface area contributed by atoms with E-state index in [2.05, 4.69) is 23.2 Å². The van der Waals surface area contributed by atoms with Crippen molar-refractivity contribution < 1.29 is 4.79 Å². The number of pyridine rings is 1. The van der Waals surface area contributed by atoms with Gasteiger partial charge < -0.3 is 5.73 Å². The molecule has 0 atom stereocenters. The van der Waals surface area contributed by atoms with Gasteiger partial charge in [0.05, 0.1) is 9.58 Å². The minimum atomic E-state index is -0.376. The number of aryl methyl sites for hydroxylation is 2. The summed E-state index contributed by atoms with van der Waals surface area (Å²) >= 11 is 1.41. The number of carbonyl (C=O) groups excluding carboxylic acids is 1. The lowest BCUT2D eigenvalue weighted by atomic mass is 9.96. The fourth-order valence-corrected chi connectivity index (χ4v) is 4.30. The maximum Gasteiger partial charge on any atom is 0.258 e. The van der Waals surface area contributed by atoms with Crippen LogP contribution in [0, 0.1) is 0 Å². The molecule has 0 bridgehead atoms. The van der Waals surface area contributed by atoms with Crippen molar-refractivity contribution in [3.8, 4) is 11.1 Å². The smallest absolute Gasteiger partial charge is 0.258 e. The molecule has 0 spiro atoms. The average Bonchev–Trinajstić information content (AvgIpc) is 2.86. The molecular weight excluding hydrogens is 304 g/mol. The van der Waals surface area contributed by atoms with Crippen molar-refractivity contribution in [2.24, 2.45) is 5.73 Å². The maximum atomic E-state index is 11.5. The summed E-state index contributed by atoms with van der Waals surface area (Å²) in [6.07, 6.45) is 9.90. The molecular formula is C19H18N2OS. The molecule has 0 radical (unpaired) electrons. The Morgan fingerprint density at radius 2 is 1.87 bits per heavy atom. The van der Waals surface area contributed by atoms with E-state index in [1.165, 1.54) is 53.7 Å². The van der Waals surface area contributed by atoms with Crippen molar-refractivity contribution in [3.05, 3.63) is 52.7 Å². The van der Waals surface area contributed by atoms with Gasteiger partial charge in [-0.1, -0.05) is 24.6 Å². The van der Waals surface area contributed by atoms with Crippen molar-refractivity contribution in [2.75, 3.05) is 0 Å². The molecule has 1 aromatic carbocycles. The molecule has 1 aliphatic carbocycles. The highest BCUT2D eigenvalue weighted by Crippen LogP contribution is 2.34. The number of fused-ring (bicyclic) bond motifs is 2. The van der Waals surface area contributed by atoms with E-state index in [1.807, 2.05) is 12.3 Å². The largest absolute Gasteiger partial charge is 0.365 e. The summed E-state index contributed by atoms with van der Waals surface area (Å²) in [7, 11) is 0. The molecule has 4 heteroatoms. The minimum absolute atomic E-state index is 0.376. The van der Waals surface area contributed by atoms with Gasteiger partial charge in [-0.25, -0.2) is 0 Å². The molecule has 0 unspecified atom stereocenters. The van der Waals surface area contributed by atoms with Gasteiger partial charge in [0, 0.05) is 23.3 Å². The predicted octanol–water partition coefficient (Wildman–Crippen LogP) is 4.33. The number of aromatic nitrogens is 1. The Bertz CT molecular complexity index is 898. The maximum absolute atomic E-state index is 11.5.